The van der Waals surface area contributed by atoms with Crippen LogP contribution in [0.3, 0.4) is 0 Å². The standard InChI is InChI=1S/C24H24N6O2/c1-2-13-30-20(21(24(31)32)22(27-30)17-11-12-17)14-15-7-9-16(10-8-15)18-5-3-4-6-19(18)23-25-28-29-26-23/h3-10,17H,2,11-14H2,1H3,(H,31,32)(H,25,26,28,29). The van der Waals surface area contributed by atoms with Gasteiger partial charge < -0.3 is 5.11 Å². The van der Waals surface area contributed by atoms with Crippen molar-refractivity contribution in [2.45, 2.75) is 45.1 Å². The fourth-order valence-electron chi connectivity index (χ4n) is 4.18. The molecule has 8 nitrogen and oxygen atoms in total. The Labute approximate surface area is 185 Å². The number of carbonyl (C=O) groups is 1. The molecule has 8 heteroatoms. The maximum atomic E-state index is 12.1. The number of aromatic carboxylic acids is 1. The first-order valence-electron chi connectivity index (χ1n) is 10.9. The minimum atomic E-state index is -0.879. The Morgan fingerprint density at radius 2 is 1.88 bits per heavy atom. The van der Waals surface area contributed by atoms with Gasteiger partial charge >= 0.3 is 5.97 Å². The van der Waals surface area contributed by atoms with Crippen LogP contribution in [-0.4, -0.2) is 41.5 Å². The number of carboxylic acids is 1. The second kappa shape index (κ2) is 8.37. The highest BCUT2D eigenvalue weighted by atomic mass is 16.4. The number of aryl methyl sites for hydroxylation is 1. The van der Waals surface area contributed by atoms with E-state index < -0.39 is 5.97 Å². The molecule has 0 bridgehead atoms. The van der Waals surface area contributed by atoms with Crippen LogP contribution in [0.5, 0.6) is 0 Å². The summed E-state index contributed by atoms with van der Waals surface area (Å²) in [6.07, 6.45) is 3.49. The normalized spacial score (nSPS) is 13.4. The number of rotatable bonds is 8. The van der Waals surface area contributed by atoms with Gasteiger partial charge in [-0.2, -0.15) is 5.10 Å². The zero-order valence-corrected chi connectivity index (χ0v) is 17.8. The third-order valence-corrected chi connectivity index (χ3v) is 5.86. The minimum Gasteiger partial charge on any atom is -0.478 e. The predicted molar refractivity (Wildman–Crippen MR) is 119 cm³/mol. The molecule has 0 amide bonds. The average molecular weight is 428 g/mol. The van der Waals surface area contributed by atoms with Crippen molar-refractivity contribution in [2.75, 3.05) is 0 Å². The number of H-pyrrole nitrogens is 1. The average Bonchev–Trinajstić information content (AvgIpc) is 3.38. The molecule has 0 atom stereocenters. The van der Waals surface area contributed by atoms with Gasteiger partial charge in [0.1, 0.15) is 5.56 Å². The topological polar surface area (TPSA) is 110 Å². The molecule has 2 aromatic heterocycles. The summed E-state index contributed by atoms with van der Waals surface area (Å²) in [6, 6.07) is 16.2. The number of aromatic amines is 1. The molecule has 2 aromatic carbocycles. The van der Waals surface area contributed by atoms with E-state index in [9.17, 15) is 9.90 Å². The van der Waals surface area contributed by atoms with Gasteiger partial charge in [-0.1, -0.05) is 55.5 Å². The Morgan fingerprint density at radius 1 is 1.12 bits per heavy atom. The van der Waals surface area contributed by atoms with Gasteiger partial charge in [-0.05, 0) is 46.4 Å². The lowest BCUT2D eigenvalue weighted by molar-refractivity contribution is 0.0694. The molecular weight excluding hydrogens is 404 g/mol. The van der Waals surface area contributed by atoms with Crippen LogP contribution in [0.2, 0.25) is 0 Å². The Bertz CT molecular complexity index is 1240. The van der Waals surface area contributed by atoms with Crippen molar-refractivity contribution < 1.29 is 9.90 Å². The lowest BCUT2D eigenvalue weighted by atomic mass is 9.96. The van der Waals surface area contributed by atoms with Crippen molar-refractivity contribution in [1.29, 1.82) is 0 Å². The molecule has 0 spiro atoms. The van der Waals surface area contributed by atoms with Crippen molar-refractivity contribution in [1.82, 2.24) is 30.4 Å². The number of aromatic nitrogens is 6. The molecule has 1 fully saturated rings. The first-order chi connectivity index (χ1) is 15.7. The van der Waals surface area contributed by atoms with Crippen LogP contribution in [0.1, 0.15) is 59.4 Å². The highest BCUT2D eigenvalue weighted by molar-refractivity contribution is 5.91. The molecule has 0 saturated heterocycles. The van der Waals surface area contributed by atoms with Gasteiger partial charge in [0.25, 0.3) is 0 Å². The van der Waals surface area contributed by atoms with Crippen molar-refractivity contribution in [3.8, 4) is 22.5 Å². The van der Waals surface area contributed by atoms with Crippen molar-refractivity contribution >= 4 is 5.97 Å². The maximum Gasteiger partial charge on any atom is 0.339 e. The van der Waals surface area contributed by atoms with E-state index in [-0.39, 0.29) is 0 Å². The molecule has 2 N–H and O–H groups in total. The van der Waals surface area contributed by atoms with Crippen LogP contribution in [-0.2, 0) is 13.0 Å². The summed E-state index contributed by atoms with van der Waals surface area (Å²) in [4.78, 5) is 12.1. The summed E-state index contributed by atoms with van der Waals surface area (Å²) in [5, 5.41) is 28.8. The second-order valence-corrected chi connectivity index (χ2v) is 8.18. The fraction of sp³-hybridized carbons (Fsp3) is 0.292. The van der Waals surface area contributed by atoms with Gasteiger partial charge in [0.05, 0.1) is 11.4 Å². The van der Waals surface area contributed by atoms with E-state index in [4.69, 9.17) is 5.10 Å². The van der Waals surface area contributed by atoms with Gasteiger partial charge in [0, 0.05) is 24.4 Å². The third-order valence-electron chi connectivity index (χ3n) is 5.86. The second-order valence-electron chi connectivity index (χ2n) is 8.18. The van der Waals surface area contributed by atoms with Crippen LogP contribution >= 0.6 is 0 Å². The van der Waals surface area contributed by atoms with E-state index in [2.05, 4.69) is 51.8 Å². The maximum absolute atomic E-state index is 12.1. The Kier molecular flexibility index (Phi) is 5.26. The molecule has 0 unspecified atom stereocenters. The van der Waals surface area contributed by atoms with Gasteiger partial charge in [-0.25, -0.2) is 9.89 Å². The zero-order valence-electron chi connectivity index (χ0n) is 17.8. The predicted octanol–water partition coefficient (Wildman–Crippen LogP) is 4.31. The summed E-state index contributed by atoms with van der Waals surface area (Å²) >= 11 is 0. The number of benzene rings is 2. The molecule has 32 heavy (non-hydrogen) atoms. The van der Waals surface area contributed by atoms with Crippen LogP contribution in [0.25, 0.3) is 22.5 Å². The third kappa shape index (κ3) is 3.79. The van der Waals surface area contributed by atoms with Gasteiger partial charge in [0.2, 0.25) is 0 Å². The summed E-state index contributed by atoms with van der Waals surface area (Å²) in [6.45, 7) is 2.80. The Hall–Kier alpha value is -3.81. The highest BCUT2D eigenvalue weighted by Gasteiger charge is 2.34. The van der Waals surface area contributed by atoms with Gasteiger partial charge in [-0.3, -0.25) is 4.68 Å². The molecular formula is C24H24N6O2. The van der Waals surface area contributed by atoms with Crippen LogP contribution in [0.4, 0.5) is 0 Å². The number of hydrogen-bond acceptors (Lipinski definition) is 5. The summed E-state index contributed by atoms with van der Waals surface area (Å²) in [5.74, 6) is 0.0322. The summed E-state index contributed by atoms with van der Waals surface area (Å²) in [5.41, 5.74) is 5.99. The number of hydrogen-bond donors (Lipinski definition) is 2. The van der Waals surface area contributed by atoms with Crippen molar-refractivity contribution in [2.24, 2.45) is 0 Å². The fourth-order valence-corrected chi connectivity index (χ4v) is 4.18. The first kappa shape index (κ1) is 20.1. The monoisotopic (exact) mass is 428 g/mol. The molecule has 1 aliphatic carbocycles. The van der Waals surface area contributed by atoms with E-state index in [1.807, 2.05) is 28.9 Å². The van der Waals surface area contributed by atoms with Gasteiger partial charge in [0.15, 0.2) is 5.82 Å². The van der Waals surface area contributed by atoms with E-state index in [1.54, 1.807) is 0 Å². The van der Waals surface area contributed by atoms with E-state index in [1.165, 1.54) is 0 Å². The molecule has 0 aliphatic heterocycles. The van der Waals surface area contributed by atoms with Crippen LogP contribution in [0, 0.1) is 0 Å². The molecule has 1 saturated carbocycles. The molecule has 1 aliphatic rings. The zero-order chi connectivity index (χ0) is 22.1. The summed E-state index contributed by atoms with van der Waals surface area (Å²) < 4.78 is 1.90. The minimum absolute atomic E-state index is 0.294. The molecule has 5 rings (SSSR count). The SMILES string of the molecule is CCCn1nc(C2CC2)c(C(=O)O)c1Cc1ccc(-c2ccccc2-c2nnn[nH]2)cc1. The Balaban J connectivity index is 1.47. The van der Waals surface area contributed by atoms with Crippen molar-refractivity contribution in [3.63, 3.8) is 0 Å². The van der Waals surface area contributed by atoms with Crippen LogP contribution < -0.4 is 0 Å². The molecule has 0 radical (unpaired) electrons. The number of carboxylic acid groups (broad SMARTS) is 1. The van der Waals surface area contributed by atoms with Gasteiger partial charge in [-0.15, -0.1) is 5.10 Å². The first-order valence-corrected chi connectivity index (χ1v) is 10.9. The molecule has 4 aromatic rings. The number of nitrogens with zero attached hydrogens (tertiary/aromatic N) is 5. The van der Waals surface area contributed by atoms with E-state index >= 15 is 0 Å². The highest BCUT2D eigenvalue weighted by Crippen LogP contribution is 2.42. The number of tetrazole rings is 1. The van der Waals surface area contributed by atoms with E-state index in [0.29, 0.717) is 23.7 Å². The lowest BCUT2D eigenvalue weighted by Crippen LogP contribution is -2.09. The molecule has 2 heterocycles. The summed E-state index contributed by atoms with van der Waals surface area (Å²) in [7, 11) is 0. The largest absolute Gasteiger partial charge is 0.478 e. The smallest absolute Gasteiger partial charge is 0.339 e. The van der Waals surface area contributed by atoms with Crippen molar-refractivity contribution in [3.05, 3.63) is 71.0 Å². The van der Waals surface area contributed by atoms with E-state index in [0.717, 1.165) is 59.4 Å². The lowest BCUT2D eigenvalue weighted by Gasteiger charge is -2.10. The number of nitrogens with one attached hydrogen (secondary N) is 1. The quantitative estimate of drug-likeness (QED) is 0.433. The van der Waals surface area contributed by atoms with Crippen LogP contribution in [0.15, 0.2) is 48.5 Å². The Morgan fingerprint density at radius 3 is 2.50 bits per heavy atom. The molecule has 162 valence electrons.